The van der Waals surface area contributed by atoms with Crippen LogP contribution in [0.15, 0.2) is 40.4 Å². The minimum Gasteiger partial charge on any atom is -0.261 e. The van der Waals surface area contributed by atoms with Gasteiger partial charge in [-0.3, -0.25) is 4.99 Å². The van der Waals surface area contributed by atoms with E-state index in [1.807, 2.05) is 24.3 Å². The van der Waals surface area contributed by atoms with E-state index in [4.69, 9.17) is 11.6 Å². The van der Waals surface area contributed by atoms with E-state index in [1.165, 1.54) is 0 Å². The molecule has 0 radical (unpaired) electrons. The van der Waals surface area contributed by atoms with Gasteiger partial charge in [0.15, 0.2) is 0 Å². The average molecular weight is 210 g/mol. The largest absolute Gasteiger partial charge is 0.261 e. The number of hydrogen-bond acceptors (Lipinski definition) is 2. The molecule has 1 aromatic rings. The second kappa shape index (κ2) is 3.56. The van der Waals surface area contributed by atoms with Crippen molar-refractivity contribution in [1.29, 1.82) is 0 Å². The molecule has 1 aromatic carbocycles. The van der Waals surface area contributed by atoms with E-state index in [9.17, 15) is 0 Å². The molecule has 3 heteroatoms. The zero-order valence-electron chi connectivity index (χ0n) is 6.87. The van der Waals surface area contributed by atoms with Crippen molar-refractivity contribution in [2.24, 2.45) is 4.99 Å². The Bertz CT molecular complexity index is 396. The summed E-state index contributed by atoms with van der Waals surface area (Å²) in [5.74, 6) is 0. The SMILES string of the molecule is Sc1cccc(C2=NC=CC2)c1Cl. The minimum atomic E-state index is 0.688. The van der Waals surface area contributed by atoms with Gasteiger partial charge >= 0.3 is 0 Å². The van der Waals surface area contributed by atoms with Crippen LogP contribution >= 0.6 is 24.2 Å². The first-order valence-electron chi connectivity index (χ1n) is 3.98. The lowest BCUT2D eigenvalue weighted by Gasteiger charge is -2.04. The Kier molecular flexibility index (Phi) is 2.42. The van der Waals surface area contributed by atoms with E-state index in [0.29, 0.717) is 5.02 Å². The quantitative estimate of drug-likeness (QED) is 0.682. The molecule has 0 spiro atoms. The summed E-state index contributed by atoms with van der Waals surface area (Å²) in [5, 5.41) is 0.688. The second-order valence-electron chi connectivity index (χ2n) is 2.80. The highest BCUT2D eigenvalue weighted by Gasteiger charge is 2.10. The molecule has 0 atom stereocenters. The van der Waals surface area contributed by atoms with Gasteiger partial charge in [0, 0.05) is 23.1 Å². The van der Waals surface area contributed by atoms with Crippen molar-refractivity contribution in [2.75, 3.05) is 0 Å². The van der Waals surface area contributed by atoms with Gasteiger partial charge in [-0.25, -0.2) is 0 Å². The number of aliphatic imine (C=N–C) groups is 1. The summed E-state index contributed by atoms with van der Waals surface area (Å²) >= 11 is 10.3. The van der Waals surface area contributed by atoms with Crippen molar-refractivity contribution in [3.8, 4) is 0 Å². The van der Waals surface area contributed by atoms with Crippen LogP contribution in [-0.2, 0) is 0 Å². The molecule has 0 aromatic heterocycles. The Morgan fingerprint density at radius 3 is 2.92 bits per heavy atom. The molecule has 0 saturated carbocycles. The number of nitrogens with zero attached hydrogens (tertiary/aromatic N) is 1. The standard InChI is InChI=1S/C10H8ClNS/c11-10-7(3-1-5-9(10)13)8-4-2-6-12-8/h1-3,5-6,13H,4H2. The van der Waals surface area contributed by atoms with Crippen LogP contribution in [0.5, 0.6) is 0 Å². The van der Waals surface area contributed by atoms with Crippen molar-refractivity contribution in [2.45, 2.75) is 11.3 Å². The Hall–Kier alpha value is -0.730. The number of halogens is 1. The molecule has 0 unspecified atom stereocenters. The van der Waals surface area contributed by atoms with E-state index in [0.717, 1.165) is 22.6 Å². The number of allylic oxidation sites excluding steroid dienone is 1. The summed E-state index contributed by atoms with van der Waals surface area (Å²) < 4.78 is 0. The van der Waals surface area contributed by atoms with E-state index < -0.39 is 0 Å². The first kappa shape index (κ1) is 8.85. The maximum absolute atomic E-state index is 6.09. The van der Waals surface area contributed by atoms with Crippen molar-refractivity contribution < 1.29 is 0 Å². The highest BCUT2D eigenvalue weighted by molar-refractivity contribution is 7.80. The van der Waals surface area contributed by atoms with Gasteiger partial charge in [0.05, 0.1) is 10.7 Å². The van der Waals surface area contributed by atoms with Gasteiger partial charge in [0.2, 0.25) is 0 Å². The zero-order chi connectivity index (χ0) is 9.26. The smallest absolute Gasteiger partial charge is 0.0630 e. The summed E-state index contributed by atoms with van der Waals surface area (Å²) in [4.78, 5) is 5.03. The van der Waals surface area contributed by atoms with Crippen LogP contribution in [0, 0.1) is 0 Å². The molecule has 1 aliphatic heterocycles. The lowest BCUT2D eigenvalue weighted by Crippen LogP contribution is -1.97. The van der Waals surface area contributed by atoms with Gasteiger partial charge in [0.1, 0.15) is 0 Å². The minimum absolute atomic E-state index is 0.688. The molecule has 2 rings (SSSR count). The van der Waals surface area contributed by atoms with Gasteiger partial charge in [-0.2, -0.15) is 0 Å². The first-order valence-corrected chi connectivity index (χ1v) is 4.81. The normalized spacial score (nSPS) is 14.8. The molecular weight excluding hydrogens is 202 g/mol. The van der Waals surface area contributed by atoms with E-state index in [2.05, 4.69) is 17.6 Å². The Balaban J connectivity index is 2.46. The van der Waals surface area contributed by atoms with Gasteiger partial charge in [-0.15, -0.1) is 12.6 Å². The summed E-state index contributed by atoms with van der Waals surface area (Å²) in [7, 11) is 0. The predicted octanol–water partition coefficient (Wildman–Crippen LogP) is 3.34. The molecular formula is C10H8ClNS. The van der Waals surface area contributed by atoms with Crippen LogP contribution in [-0.4, -0.2) is 5.71 Å². The third-order valence-electron chi connectivity index (χ3n) is 1.94. The summed E-state index contributed by atoms with van der Waals surface area (Å²) in [6.45, 7) is 0. The highest BCUT2D eigenvalue weighted by Crippen LogP contribution is 2.26. The van der Waals surface area contributed by atoms with Crippen LogP contribution < -0.4 is 0 Å². The molecule has 1 aliphatic rings. The molecule has 1 nitrogen and oxygen atoms in total. The third kappa shape index (κ3) is 1.64. The van der Waals surface area contributed by atoms with Crippen molar-refractivity contribution in [3.63, 3.8) is 0 Å². The van der Waals surface area contributed by atoms with E-state index in [1.54, 1.807) is 6.20 Å². The Morgan fingerprint density at radius 2 is 2.23 bits per heavy atom. The highest BCUT2D eigenvalue weighted by atomic mass is 35.5. The van der Waals surface area contributed by atoms with Crippen LogP contribution in [0.1, 0.15) is 12.0 Å². The fourth-order valence-corrected chi connectivity index (χ4v) is 1.72. The summed E-state index contributed by atoms with van der Waals surface area (Å²) in [6, 6.07) is 5.77. The monoisotopic (exact) mass is 209 g/mol. The van der Waals surface area contributed by atoms with Crippen LogP contribution in [0.3, 0.4) is 0 Å². The number of thiol groups is 1. The third-order valence-corrected chi connectivity index (χ3v) is 2.85. The average Bonchev–Trinajstić information content (AvgIpc) is 2.62. The molecule has 0 N–H and O–H groups in total. The van der Waals surface area contributed by atoms with Gasteiger partial charge in [-0.05, 0) is 6.07 Å². The summed E-state index contributed by atoms with van der Waals surface area (Å²) in [6.07, 6.45) is 4.67. The molecule has 66 valence electrons. The molecule has 0 saturated heterocycles. The van der Waals surface area contributed by atoms with Crippen LogP contribution in [0.25, 0.3) is 0 Å². The maximum Gasteiger partial charge on any atom is 0.0630 e. The van der Waals surface area contributed by atoms with Crippen molar-refractivity contribution in [3.05, 3.63) is 41.1 Å². The van der Waals surface area contributed by atoms with Gasteiger partial charge in [-0.1, -0.05) is 29.8 Å². The molecule has 1 heterocycles. The fourth-order valence-electron chi connectivity index (χ4n) is 1.28. The topological polar surface area (TPSA) is 12.4 Å². The van der Waals surface area contributed by atoms with Gasteiger partial charge in [0.25, 0.3) is 0 Å². The molecule has 0 amide bonds. The maximum atomic E-state index is 6.09. The molecule has 0 aliphatic carbocycles. The van der Waals surface area contributed by atoms with Crippen molar-refractivity contribution >= 4 is 29.9 Å². The summed E-state index contributed by atoms with van der Waals surface area (Å²) in [5.41, 5.74) is 2.00. The van der Waals surface area contributed by atoms with Gasteiger partial charge < -0.3 is 0 Å². The number of hydrogen-bond donors (Lipinski definition) is 1. The van der Waals surface area contributed by atoms with Crippen LogP contribution in [0.4, 0.5) is 0 Å². The molecule has 0 fully saturated rings. The second-order valence-corrected chi connectivity index (χ2v) is 3.66. The van der Waals surface area contributed by atoms with E-state index >= 15 is 0 Å². The first-order chi connectivity index (χ1) is 6.29. The molecule has 13 heavy (non-hydrogen) atoms. The number of benzene rings is 1. The number of rotatable bonds is 1. The lowest BCUT2D eigenvalue weighted by atomic mass is 10.1. The fraction of sp³-hybridized carbons (Fsp3) is 0.100. The predicted molar refractivity (Wildman–Crippen MR) is 59.0 cm³/mol. The molecule has 0 bridgehead atoms. The zero-order valence-corrected chi connectivity index (χ0v) is 8.52. The van der Waals surface area contributed by atoms with E-state index in [-0.39, 0.29) is 0 Å². The lowest BCUT2D eigenvalue weighted by molar-refractivity contribution is 1.41. The Labute approximate surface area is 87.5 Å². The van der Waals surface area contributed by atoms with Crippen LogP contribution in [0.2, 0.25) is 5.02 Å². The Morgan fingerprint density at radius 1 is 1.38 bits per heavy atom. The van der Waals surface area contributed by atoms with Crippen molar-refractivity contribution in [1.82, 2.24) is 0 Å².